The molecule has 0 radical (unpaired) electrons. The lowest BCUT2D eigenvalue weighted by Crippen LogP contribution is -2.42. The summed E-state index contributed by atoms with van der Waals surface area (Å²) in [6, 6.07) is 10.7. The maximum atomic E-state index is 13.8. The second-order valence-corrected chi connectivity index (χ2v) is 7.19. The molecule has 0 saturated heterocycles. The van der Waals surface area contributed by atoms with Crippen molar-refractivity contribution >= 4 is 26.9 Å². The fraction of sp³-hybridized carbons (Fsp3) is 0.118. The zero-order valence-electron chi connectivity index (χ0n) is 12.9. The molecule has 0 amide bonds. The van der Waals surface area contributed by atoms with E-state index >= 15 is 0 Å². The van der Waals surface area contributed by atoms with Gasteiger partial charge in [-0.3, -0.25) is 4.79 Å². The quantitative estimate of drug-likeness (QED) is 0.626. The van der Waals surface area contributed by atoms with E-state index in [0.29, 0.717) is 5.56 Å². The number of carboxylic acid groups (broad SMARTS) is 1. The van der Waals surface area contributed by atoms with Gasteiger partial charge in [-0.15, -0.1) is 0 Å². The molecule has 8 heteroatoms. The standard InChI is InChI=1S/C17H15FN2O4S/c18-13-6-2-4-8-16(13)25(23,24)20-15(17(21)22)9-11-10-19-14-7-3-1-5-12(11)14/h1-8,10,15,19-20H,9H2,(H,21,22). The fourth-order valence-electron chi connectivity index (χ4n) is 2.61. The van der Waals surface area contributed by atoms with Crippen LogP contribution >= 0.6 is 0 Å². The van der Waals surface area contributed by atoms with Crippen LogP contribution < -0.4 is 4.72 Å². The summed E-state index contributed by atoms with van der Waals surface area (Å²) in [4.78, 5) is 13.9. The molecule has 2 aromatic carbocycles. The number of sulfonamides is 1. The molecule has 0 aliphatic rings. The second kappa shape index (κ2) is 6.66. The predicted molar refractivity (Wildman–Crippen MR) is 90.1 cm³/mol. The van der Waals surface area contributed by atoms with Crippen LogP contribution in [0.3, 0.4) is 0 Å². The summed E-state index contributed by atoms with van der Waals surface area (Å²) < 4.78 is 40.5. The van der Waals surface area contributed by atoms with Crippen LogP contribution in [0, 0.1) is 5.82 Å². The molecule has 25 heavy (non-hydrogen) atoms. The molecule has 1 aromatic heterocycles. The van der Waals surface area contributed by atoms with Crippen molar-refractivity contribution < 1.29 is 22.7 Å². The lowest BCUT2D eigenvalue weighted by atomic mass is 10.1. The number of carboxylic acids is 1. The Labute approximate surface area is 143 Å². The van der Waals surface area contributed by atoms with Crippen molar-refractivity contribution in [2.24, 2.45) is 0 Å². The minimum atomic E-state index is -4.31. The molecule has 3 N–H and O–H groups in total. The molecule has 3 rings (SSSR count). The van der Waals surface area contributed by atoms with Crippen LogP contribution in [0.25, 0.3) is 10.9 Å². The average molecular weight is 362 g/mol. The van der Waals surface area contributed by atoms with Gasteiger partial charge in [0.2, 0.25) is 10.0 Å². The van der Waals surface area contributed by atoms with E-state index in [4.69, 9.17) is 0 Å². The van der Waals surface area contributed by atoms with Crippen LogP contribution in [0.2, 0.25) is 0 Å². The normalized spacial score (nSPS) is 13.0. The highest BCUT2D eigenvalue weighted by molar-refractivity contribution is 7.89. The minimum absolute atomic E-state index is 0.0764. The van der Waals surface area contributed by atoms with Crippen LogP contribution in [0.15, 0.2) is 59.6 Å². The third kappa shape index (κ3) is 3.54. The van der Waals surface area contributed by atoms with E-state index in [1.165, 1.54) is 12.1 Å². The number of rotatable bonds is 6. The van der Waals surface area contributed by atoms with E-state index in [1.54, 1.807) is 12.3 Å². The van der Waals surface area contributed by atoms with Crippen LogP contribution in [-0.2, 0) is 21.2 Å². The van der Waals surface area contributed by atoms with Crippen LogP contribution in [-0.4, -0.2) is 30.5 Å². The fourth-order valence-corrected chi connectivity index (χ4v) is 3.88. The van der Waals surface area contributed by atoms with Gasteiger partial charge in [0.1, 0.15) is 16.8 Å². The average Bonchev–Trinajstić information content (AvgIpc) is 2.97. The van der Waals surface area contributed by atoms with Crippen molar-refractivity contribution in [1.82, 2.24) is 9.71 Å². The summed E-state index contributed by atoms with van der Waals surface area (Å²) in [6.07, 6.45) is 1.56. The Hall–Kier alpha value is -2.71. The Morgan fingerprint density at radius 2 is 1.84 bits per heavy atom. The van der Waals surface area contributed by atoms with Crippen molar-refractivity contribution in [3.05, 3.63) is 66.1 Å². The maximum Gasteiger partial charge on any atom is 0.322 e. The van der Waals surface area contributed by atoms with Crippen LogP contribution in [0.1, 0.15) is 5.56 Å². The van der Waals surface area contributed by atoms with Gasteiger partial charge in [-0.2, -0.15) is 4.72 Å². The van der Waals surface area contributed by atoms with Gasteiger partial charge in [0.15, 0.2) is 0 Å². The number of aromatic nitrogens is 1. The highest BCUT2D eigenvalue weighted by atomic mass is 32.2. The SMILES string of the molecule is O=C(O)C(Cc1c[nH]c2ccccc12)NS(=O)(=O)c1ccccc1F. The summed E-state index contributed by atoms with van der Waals surface area (Å²) in [6.45, 7) is 0. The van der Waals surface area contributed by atoms with Gasteiger partial charge < -0.3 is 10.1 Å². The third-order valence-corrected chi connectivity index (χ3v) is 5.33. The lowest BCUT2D eigenvalue weighted by molar-refractivity contribution is -0.138. The van der Waals surface area contributed by atoms with Crippen molar-refractivity contribution in [3.8, 4) is 0 Å². The lowest BCUT2D eigenvalue weighted by Gasteiger charge is -2.15. The van der Waals surface area contributed by atoms with E-state index in [-0.39, 0.29) is 6.42 Å². The molecule has 0 aliphatic heterocycles. The Morgan fingerprint density at radius 1 is 1.16 bits per heavy atom. The zero-order valence-corrected chi connectivity index (χ0v) is 13.8. The minimum Gasteiger partial charge on any atom is -0.480 e. The van der Waals surface area contributed by atoms with Crippen molar-refractivity contribution in [1.29, 1.82) is 0 Å². The van der Waals surface area contributed by atoms with E-state index in [2.05, 4.69) is 9.71 Å². The number of aromatic amines is 1. The van der Waals surface area contributed by atoms with Crippen molar-refractivity contribution in [2.45, 2.75) is 17.4 Å². The first kappa shape index (κ1) is 17.1. The van der Waals surface area contributed by atoms with Crippen LogP contribution in [0.4, 0.5) is 4.39 Å². The van der Waals surface area contributed by atoms with E-state index in [9.17, 15) is 22.7 Å². The van der Waals surface area contributed by atoms with Gasteiger partial charge in [-0.05, 0) is 23.8 Å². The molecule has 130 valence electrons. The molecule has 1 heterocycles. The third-order valence-electron chi connectivity index (χ3n) is 3.82. The molecule has 0 aliphatic carbocycles. The molecule has 0 spiro atoms. The highest BCUT2D eigenvalue weighted by Gasteiger charge is 2.28. The Kier molecular flexibility index (Phi) is 4.56. The molecule has 6 nitrogen and oxygen atoms in total. The zero-order chi connectivity index (χ0) is 18.0. The maximum absolute atomic E-state index is 13.8. The number of fused-ring (bicyclic) bond motifs is 1. The van der Waals surface area contributed by atoms with E-state index < -0.39 is 32.7 Å². The number of halogens is 1. The van der Waals surface area contributed by atoms with E-state index in [1.807, 2.05) is 18.2 Å². The molecule has 1 atom stereocenters. The molecule has 1 unspecified atom stereocenters. The number of carbonyl (C=O) groups is 1. The smallest absolute Gasteiger partial charge is 0.322 e. The second-order valence-electron chi connectivity index (χ2n) is 5.51. The van der Waals surface area contributed by atoms with Gasteiger partial charge >= 0.3 is 5.97 Å². The van der Waals surface area contributed by atoms with Gasteiger partial charge in [-0.25, -0.2) is 12.8 Å². The van der Waals surface area contributed by atoms with Crippen molar-refractivity contribution in [3.63, 3.8) is 0 Å². The summed E-state index contributed by atoms with van der Waals surface area (Å²) in [5, 5.41) is 10.2. The summed E-state index contributed by atoms with van der Waals surface area (Å²) in [5.41, 5.74) is 1.47. The summed E-state index contributed by atoms with van der Waals surface area (Å²) in [5.74, 6) is -2.28. The Bertz CT molecular complexity index is 1030. The largest absolute Gasteiger partial charge is 0.480 e. The van der Waals surface area contributed by atoms with Crippen molar-refractivity contribution in [2.75, 3.05) is 0 Å². The molecule has 0 fully saturated rings. The number of H-pyrrole nitrogens is 1. The molecular formula is C17H15FN2O4S. The van der Waals surface area contributed by atoms with Gasteiger partial charge in [0.25, 0.3) is 0 Å². The number of aliphatic carboxylic acids is 1. The highest BCUT2D eigenvalue weighted by Crippen LogP contribution is 2.20. The number of hydrogen-bond acceptors (Lipinski definition) is 3. The summed E-state index contributed by atoms with van der Waals surface area (Å²) >= 11 is 0. The molecular weight excluding hydrogens is 347 g/mol. The molecule has 0 bridgehead atoms. The van der Waals surface area contributed by atoms with Gasteiger partial charge in [0.05, 0.1) is 0 Å². The summed E-state index contributed by atoms with van der Waals surface area (Å²) in [7, 11) is -4.31. The molecule has 0 saturated carbocycles. The topological polar surface area (TPSA) is 99.3 Å². The Balaban J connectivity index is 1.90. The molecule has 3 aromatic rings. The van der Waals surface area contributed by atoms with E-state index in [0.717, 1.165) is 23.0 Å². The Morgan fingerprint density at radius 3 is 2.56 bits per heavy atom. The number of para-hydroxylation sites is 1. The number of nitrogens with one attached hydrogen (secondary N) is 2. The first-order valence-electron chi connectivity index (χ1n) is 7.43. The van der Waals surface area contributed by atoms with Gasteiger partial charge in [-0.1, -0.05) is 30.3 Å². The first-order valence-corrected chi connectivity index (χ1v) is 8.91. The monoisotopic (exact) mass is 362 g/mol. The number of benzene rings is 2. The number of hydrogen-bond donors (Lipinski definition) is 3. The predicted octanol–water partition coefficient (Wildman–Crippen LogP) is 2.28. The van der Waals surface area contributed by atoms with Crippen LogP contribution in [0.5, 0.6) is 0 Å². The first-order chi connectivity index (χ1) is 11.9. The van der Waals surface area contributed by atoms with Gasteiger partial charge in [0, 0.05) is 23.5 Å².